The number of nitrogens with zero attached hydrogens (tertiary/aromatic N) is 2. The van der Waals surface area contributed by atoms with Gasteiger partial charge in [-0.15, -0.1) is 0 Å². The minimum atomic E-state index is -0.201. The number of hydrogen-bond acceptors (Lipinski definition) is 5. The third kappa shape index (κ3) is 3.96. The number of aromatic nitrogens is 1. The van der Waals surface area contributed by atoms with Crippen LogP contribution < -0.4 is 4.74 Å². The van der Waals surface area contributed by atoms with Crippen molar-refractivity contribution in [2.24, 2.45) is 5.92 Å². The van der Waals surface area contributed by atoms with Gasteiger partial charge in [-0.2, -0.15) is 0 Å². The van der Waals surface area contributed by atoms with E-state index in [0.29, 0.717) is 43.0 Å². The molecule has 0 aliphatic carbocycles. The molecule has 6 nitrogen and oxygen atoms in total. The van der Waals surface area contributed by atoms with E-state index in [1.54, 1.807) is 41.6 Å². The zero-order chi connectivity index (χ0) is 17.6. The number of carbonyl (C=O) groups excluding carboxylic acids is 2. The van der Waals surface area contributed by atoms with E-state index in [1.807, 2.05) is 12.1 Å². The first-order valence-electron chi connectivity index (χ1n) is 8.23. The Morgan fingerprint density at radius 3 is 2.56 bits per heavy atom. The molecule has 1 aliphatic rings. The largest absolute Gasteiger partial charge is 0.469 e. The Bertz CT molecular complexity index is 740. The molecule has 0 radical (unpaired) electrons. The fourth-order valence-corrected chi connectivity index (χ4v) is 2.92. The minimum Gasteiger partial charge on any atom is -0.469 e. The Hall–Kier alpha value is -2.89. The fourth-order valence-electron chi connectivity index (χ4n) is 2.92. The third-order valence-electron chi connectivity index (χ3n) is 4.30. The van der Waals surface area contributed by atoms with Crippen LogP contribution in [0.3, 0.4) is 0 Å². The Balaban J connectivity index is 1.72. The van der Waals surface area contributed by atoms with Gasteiger partial charge in [-0.3, -0.25) is 14.6 Å². The summed E-state index contributed by atoms with van der Waals surface area (Å²) in [6, 6.07) is 10.7. The van der Waals surface area contributed by atoms with Crippen LogP contribution in [-0.4, -0.2) is 42.0 Å². The number of pyridine rings is 1. The predicted octanol–water partition coefficient (Wildman–Crippen LogP) is 2.90. The summed E-state index contributed by atoms with van der Waals surface area (Å²) in [5.74, 6) is 0.647. The Morgan fingerprint density at radius 2 is 1.88 bits per heavy atom. The van der Waals surface area contributed by atoms with Crippen molar-refractivity contribution in [2.75, 3.05) is 20.2 Å². The quantitative estimate of drug-likeness (QED) is 0.801. The lowest BCUT2D eigenvalue weighted by Crippen LogP contribution is -2.40. The highest BCUT2D eigenvalue weighted by Crippen LogP contribution is 2.27. The van der Waals surface area contributed by atoms with Crippen LogP contribution in [-0.2, 0) is 9.53 Å². The van der Waals surface area contributed by atoms with Crippen LogP contribution in [0.15, 0.2) is 48.8 Å². The highest BCUT2D eigenvalue weighted by Gasteiger charge is 2.29. The molecule has 0 bridgehead atoms. The molecular formula is C19H20N2O4. The molecule has 0 N–H and O–H groups in total. The fraction of sp³-hybridized carbons (Fsp3) is 0.316. The lowest BCUT2D eigenvalue weighted by atomic mass is 9.96. The van der Waals surface area contributed by atoms with Crippen LogP contribution >= 0.6 is 0 Å². The molecule has 0 unspecified atom stereocenters. The summed E-state index contributed by atoms with van der Waals surface area (Å²) in [4.78, 5) is 30.3. The summed E-state index contributed by atoms with van der Waals surface area (Å²) in [5.41, 5.74) is 0.503. The molecule has 25 heavy (non-hydrogen) atoms. The van der Waals surface area contributed by atoms with Crippen molar-refractivity contribution in [3.63, 3.8) is 0 Å². The summed E-state index contributed by atoms with van der Waals surface area (Å²) in [6.07, 6.45) is 4.49. The second-order valence-corrected chi connectivity index (χ2v) is 5.88. The zero-order valence-electron chi connectivity index (χ0n) is 14.1. The number of para-hydroxylation sites is 1. The van der Waals surface area contributed by atoms with Crippen LogP contribution in [0.1, 0.15) is 23.2 Å². The second-order valence-electron chi connectivity index (χ2n) is 5.88. The van der Waals surface area contributed by atoms with Crippen LogP contribution in [0.25, 0.3) is 0 Å². The van der Waals surface area contributed by atoms with Crippen molar-refractivity contribution in [2.45, 2.75) is 12.8 Å². The molecule has 0 saturated carbocycles. The minimum absolute atomic E-state index is 0.0946. The van der Waals surface area contributed by atoms with Crippen molar-refractivity contribution in [1.82, 2.24) is 9.88 Å². The molecule has 1 aliphatic heterocycles. The smallest absolute Gasteiger partial charge is 0.308 e. The van der Waals surface area contributed by atoms with Crippen molar-refractivity contribution in [3.05, 3.63) is 54.4 Å². The Labute approximate surface area is 146 Å². The van der Waals surface area contributed by atoms with E-state index < -0.39 is 0 Å². The van der Waals surface area contributed by atoms with Gasteiger partial charge in [0.1, 0.15) is 11.5 Å². The topological polar surface area (TPSA) is 68.7 Å². The van der Waals surface area contributed by atoms with Crippen LogP contribution in [0.4, 0.5) is 0 Å². The molecule has 1 aromatic heterocycles. The van der Waals surface area contributed by atoms with Gasteiger partial charge in [0.2, 0.25) is 0 Å². The lowest BCUT2D eigenvalue weighted by Gasteiger charge is -2.31. The molecule has 3 rings (SSSR count). The van der Waals surface area contributed by atoms with Crippen molar-refractivity contribution >= 4 is 11.9 Å². The lowest BCUT2D eigenvalue weighted by molar-refractivity contribution is -0.146. The molecule has 1 aromatic carbocycles. The van der Waals surface area contributed by atoms with Gasteiger partial charge in [0.25, 0.3) is 5.91 Å². The van der Waals surface area contributed by atoms with Gasteiger partial charge in [0.05, 0.1) is 24.8 Å². The molecule has 6 heteroatoms. The van der Waals surface area contributed by atoms with Gasteiger partial charge >= 0.3 is 5.97 Å². The molecule has 0 spiro atoms. The van der Waals surface area contributed by atoms with Crippen LogP contribution in [0.5, 0.6) is 11.5 Å². The highest BCUT2D eigenvalue weighted by atomic mass is 16.5. The highest BCUT2D eigenvalue weighted by molar-refractivity contribution is 5.97. The number of likely N-dealkylation sites (tertiary alicyclic amines) is 1. The van der Waals surface area contributed by atoms with Crippen molar-refractivity contribution < 1.29 is 19.1 Å². The first kappa shape index (κ1) is 17.0. The van der Waals surface area contributed by atoms with E-state index >= 15 is 0 Å². The van der Waals surface area contributed by atoms with Crippen molar-refractivity contribution in [3.8, 4) is 11.5 Å². The molecule has 2 heterocycles. The molecule has 2 aromatic rings. The Kier molecular flexibility index (Phi) is 5.28. The number of carbonyl (C=O) groups is 2. The van der Waals surface area contributed by atoms with E-state index in [2.05, 4.69) is 4.98 Å². The van der Waals surface area contributed by atoms with E-state index in [-0.39, 0.29) is 17.8 Å². The number of hydrogen-bond donors (Lipinski definition) is 0. The summed E-state index contributed by atoms with van der Waals surface area (Å²) < 4.78 is 10.6. The maximum atomic E-state index is 12.9. The number of esters is 1. The van der Waals surface area contributed by atoms with E-state index in [9.17, 15) is 9.59 Å². The first-order valence-corrected chi connectivity index (χ1v) is 8.23. The second kappa shape index (κ2) is 7.79. The predicted molar refractivity (Wildman–Crippen MR) is 91.4 cm³/mol. The van der Waals surface area contributed by atoms with E-state index in [4.69, 9.17) is 9.47 Å². The summed E-state index contributed by atoms with van der Waals surface area (Å²) in [6.45, 7) is 1.06. The SMILES string of the molecule is COC(=O)C1CCN(C(=O)c2ccccc2Oc2cccnc2)CC1. The number of rotatable bonds is 4. The maximum Gasteiger partial charge on any atom is 0.308 e. The summed E-state index contributed by atoms with van der Waals surface area (Å²) in [7, 11) is 1.39. The maximum absolute atomic E-state index is 12.9. The van der Waals surface area contributed by atoms with Crippen LogP contribution in [0, 0.1) is 5.92 Å². The van der Waals surface area contributed by atoms with Crippen molar-refractivity contribution in [1.29, 1.82) is 0 Å². The standard InChI is InChI=1S/C19H20N2O4/c1-24-19(23)14-8-11-21(12-9-14)18(22)16-6-2-3-7-17(16)25-15-5-4-10-20-13-15/h2-7,10,13-14H,8-9,11-12H2,1H3. The molecule has 1 fully saturated rings. The Morgan fingerprint density at radius 1 is 1.12 bits per heavy atom. The van der Waals surface area contributed by atoms with Gasteiger partial charge in [0.15, 0.2) is 0 Å². The van der Waals surface area contributed by atoms with Gasteiger partial charge < -0.3 is 14.4 Å². The molecule has 0 atom stereocenters. The normalized spacial score (nSPS) is 14.8. The number of piperidine rings is 1. The number of methoxy groups -OCH3 is 1. The first-order chi connectivity index (χ1) is 12.2. The van der Waals surface area contributed by atoms with Gasteiger partial charge in [-0.1, -0.05) is 12.1 Å². The molecule has 1 amide bonds. The van der Waals surface area contributed by atoms with Gasteiger partial charge in [-0.25, -0.2) is 0 Å². The summed E-state index contributed by atoms with van der Waals surface area (Å²) >= 11 is 0. The van der Waals surface area contributed by atoms with Crippen LogP contribution in [0.2, 0.25) is 0 Å². The average molecular weight is 340 g/mol. The number of amides is 1. The van der Waals surface area contributed by atoms with E-state index in [1.165, 1.54) is 7.11 Å². The number of benzene rings is 1. The molecule has 130 valence electrons. The molecular weight excluding hydrogens is 320 g/mol. The van der Waals surface area contributed by atoms with Gasteiger partial charge in [0, 0.05) is 19.3 Å². The monoisotopic (exact) mass is 340 g/mol. The summed E-state index contributed by atoms with van der Waals surface area (Å²) in [5, 5.41) is 0. The van der Waals surface area contributed by atoms with E-state index in [0.717, 1.165) is 0 Å². The average Bonchev–Trinajstić information content (AvgIpc) is 2.68. The third-order valence-corrected chi connectivity index (χ3v) is 4.30. The van der Waals surface area contributed by atoms with Gasteiger partial charge in [-0.05, 0) is 37.1 Å². The number of ether oxygens (including phenoxy) is 2. The zero-order valence-corrected chi connectivity index (χ0v) is 14.1. The molecule has 1 saturated heterocycles.